The summed E-state index contributed by atoms with van der Waals surface area (Å²) < 4.78 is 0. The maximum atomic E-state index is 12.0. The van der Waals surface area contributed by atoms with E-state index >= 15 is 0 Å². The Balaban J connectivity index is 1.86. The van der Waals surface area contributed by atoms with E-state index < -0.39 is 5.97 Å². The molecule has 0 aliphatic heterocycles. The van der Waals surface area contributed by atoms with Crippen LogP contribution >= 0.6 is 11.6 Å². The predicted octanol–water partition coefficient (Wildman–Crippen LogP) is 1.39. The lowest BCUT2D eigenvalue weighted by Gasteiger charge is -2.08. The third kappa shape index (κ3) is 6.27. The average Bonchev–Trinajstić information content (AvgIpc) is 2.57. The van der Waals surface area contributed by atoms with Crippen molar-refractivity contribution in [1.29, 1.82) is 0 Å². The fourth-order valence-electron chi connectivity index (χ4n) is 2.08. The summed E-state index contributed by atoms with van der Waals surface area (Å²) >= 11 is 5.80. The van der Waals surface area contributed by atoms with Gasteiger partial charge in [0.15, 0.2) is 0 Å². The van der Waals surface area contributed by atoms with Gasteiger partial charge in [-0.3, -0.25) is 9.59 Å². The first kappa shape index (κ1) is 18.5. The summed E-state index contributed by atoms with van der Waals surface area (Å²) in [5.41, 5.74) is 1.77. The fourth-order valence-corrected chi connectivity index (χ4v) is 2.20. The number of carboxylic acid groups (broad SMARTS) is 1. The summed E-state index contributed by atoms with van der Waals surface area (Å²) in [4.78, 5) is 34.1. The molecule has 0 radical (unpaired) electrons. The maximum Gasteiger partial charge on any atom is 0.251 e. The first-order valence-corrected chi connectivity index (χ1v) is 7.94. The molecule has 7 heteroatoms. The number of nitrogens with one attached hydrogen (secondary N) is 2. The van der Waals surface area contributed by atoms with Gasteiger partial charge in [0.1, 0.15) is 0 Å². The lowest BCUT2D eigenvalue weighted by Crippen LogP contribution is -2.31. The van der Waals surface area contributed by atoms with Gasteiger partial charge in [0.2, 0.25) is 5.91 Å². The van der Waals surface area contributed by atoms with Crippen molar-refractivity contribution in [3.63, 3.8) is 0 Å². The number of carbonyl (C=O) groups is 3. The van der Waals surface area contributed by atoms with Crippen molar-refractivity contribution in [2.24, 2.45) is 0 Å². The molecule has 130 valence electrons. The third-order valence-corrected chi connectivity index (χ3v) is 3.58. The lowest BCUT2D eigenvalue weighted by molar-refractivity contribution is -0.305. The fraction of sp³-hybridized carbons (Fsp3) is 0.167. The second kappa shape index (κ2) is 8.84. The molecule has 0 spiro atoms. The monoisotopic (exact) mass is 359 g/mol. The van der Waals surface area contributed by atoms with Crippen molar-refractivity contribution in [3.8, 4) is 0 Å². The molecule has 0 bridgehead atoms. The summed E-state index contributed by atoms with van der Waals surface area (Å²) in [6.07, 6.45) is -0.0345. The molecule has 0 aromatic heterocycles. The molecule has 0 aliphatic rings. The maximum absolute atomic E-state index is 12.0. The Labute approximate surface area is 149 Å². The average molecular weight is 360 g/mol. The van der Waals surface area contributed by atoms with Gasteiger partial charge in [-0.15, -0.1) is 0 Å². The predicted molar refractivity (Wildman–Crippen MR) is 92.2 cm³/mol. The van der Waals surface area contributed by atoms with Gasteiger partial charge in [-0.05, 0) is 42.0 Å². The zero-order valence-electron chi connectivity index (χ0n) is 13.3. The molecule has 0 aliphatic carbocycles. The molecule has 2 N–H and O–H groups in total. The van der Waals surface area contributed by atoms with Gasteiger partial charge >= 0.3 is 0 Å². The van der Waals surface area contributed by atoms with Crippen LogP contribution < -0.4 is 15.7 Å². The number of rotatable bonds is 7. The number of aliphatic carboxylic acids is 1. The molecular formula is C18H16ClN2O4-. The molecule has 2 aromatic carbocycles. The molecule has 0 saturated carbocycles. The largest absolute Gasteiger partial charge is 0.550 e. The number of anilines is 1. The Kier molecular flexibility index (Phi) is 6.54. The highest BCUT2D eigenvalue weighted by atomic mass is 35.5. The SMILES string of the molecule is O=C([O-])CCNC(=O)c1ccc(NC(=O)Cc2ccc(Cl)cc2)cc1. The van der Waals surface area contributed by atoms with Crippen molar-refractivity contribution >= 4 is 35.1 Å². The van der Waals surface area contributed by atoms with Crippen LogP contribution in [0.15, 0.2) is 48.5 Å². The van der Waals surface area contributed by atoms with Crippen LogP contribution in [0, 0.1) is 0 Å². The van der Waals surface area contributed by atoms with E-state index in [1.165, 1.54) is 0 Å². The van der Waals surface area contributed by atoms with Crippen molar-refractivity contribution < 1.29 is 19.5 Å². The Hall–Kier alpha value is -2.86. The van der Waals surface area contributed by atoms with Crippen LogP contribution in [0.25, 0.3) is 0 Å². The van der Waals surface area contributed by atoms with E-state index in [9.17, 15) is 19.5 Å². The van der Waals surface area contributed by atoms with Gasteiger partial charge in [0.25, 0.3) is 5.91 Å². The standard InChI is InChI=1S/C18H17ClN2O4/c19-14-5-1-12(2-6-14)11-16(22)21-15-7-3-13(4-8-15)18(25)20-10-9-17(23)24/h1-8H,9-11H2,(H,20,25)(H,21,22)(H,23,24)/p-1. The van der Waals surface area contributed by atoms with E-state index in [4.69, 9.17) is 11.6 Å². The Bertz CT molecular complexity index is 758. The second-order valence-electron chi connectivity index (χ2n) is 5.31. The van der Waals surface area contributed by atoms with Crippen LogP contribution in [0.2, 0.25) is 5.02 Å². The van der Waals surface area contributed by atoms with Crippen molar-refractivity contribution in [2.75, 3.05) is 11.9 Å². The third-order valence-electron chi connectivity index (χ3n) is 3.32. The van der Waals surface area contributed by atoms with Crippen molar-refractivity contribution in [1.82, 2.24) is 5.32 Å². The lowest BCUT2D eigenvalue weighted by atomic mass is 10.1. The number of hydrogen-bond acceptors (Lipinski definition) is 4. The van der Waals surface area contributed by atoms with Crippen LogP contribution in [-0.4, -0.2) is 24.3 Å². The van der Waals surface area contributed by atoms with Gasteiger partial charge in [-0.2, -0.15) is 0 Å². The van der Waals surface area contributed by atoms with Crippen molar-refractivity contribution in [3.05, 3.63) is 64.7 Å². The normalized spacial score (nSPS) is 10.1. The van der Waals surface area contributed by atoms with Gasteiger partial charge < -0.3 is 20.5 Å². The molecule has 25 heavy (non-hydrogen) atoms. The van der Waals surface area contributed by atoms with E-state index in [0.29, 0.717) is 16.3 Å². The van der Waals surface area contributed by atoms with Crippen LogP contribution in [0.3, 0.4) is 0 Å². The highest BCUT2D eigenvalue weighted by molar-refractivity contribution is 6.30. The Morgan fingerprint density at radius 1 is 0.960 bits per heavy atom. The highest BCUT2D eigenvalue weighted by Crippen LogP contribution is 2.12. The minimum absolute atomic E-state index is 0.000740. The quantitative estimate of drug-likeness (QED) is 0.780. The molecule has 0 saturated heterocycles. The molecular weight excluding hydrogens is 344 g/mol. The second-order valence-corrected chi connectivity index (χ2v) is 5.74. The topological polar surface area (TPSA) is 98.3 Å². The number of carboxylic acids is 1. The first-order valence-electron chi connectivity index (χ1n) is 7.56. The first-order chi connectivity index (χ1) is 11.9. The molecule has 6 nitrogen and oxygen atoms in total. The zero-order chi connectivity index (χ0) is 18.2. The summed E-state index contributed by atoms with van der Waals surface area (Å²) in [6.45, 7) is 0.000740. The Morgan fingerprint density at radius 3 is 2.20 bits per heavy atom. The van der Waals surface area contributed by atoms with Crippen LogP contribution in [0.4, 0.5) is 5.69 Å². The van der Waals surface area contributed by atoms with Crippen LogP contribution in [-0.2, 0) is 16.0 Å². The van der Waals surface area contributed by atoms with E-state index in [0.717, 1.165) is 5.56 Å². The van der Waals surface area contributed by atoms with Gasteiger partial charge in [-0.1, -0.05) is 23.7 Å². The molecule has 0 unspecified atom stereocenters. The number of carbonyl (C=O) groups excluding carboxylic acids is 3. The summed E-state index contributed by atoms with van der Waals surface area (Å²) in [6, 6.07) is 13.3. The molecule has 0 atom stereocenters. The number of benzene rings is 2. The van der Waals surface area contributed by atoms with Gasteiger partial charge in [0, 0.05) is 35.2 Å². The molecule has 2 aromatic rings. The summed E-state index contributed by atoms with van der Waals surface area (Å²) in [5.74, 6) is -1.80. The number of halogens is 1. The zero-order valence-corrected chi connectivity index (χ0v) is 14.0. The molecule has 0 heterocycles. The molecule has 2 amide bonds. The number of amides is 2. The van der Waals surface area contributed by atoms with Crippen LogP contribution in [0.1, 0.15) is 22.3 Å². The van der Waals surface area contributed by atoms with E-state index in [-0.39, 0.29) is 31.2 Å². The Morgan fingerprint density at radius 2 is 1.60 bits per heavy atom. The minimum atomic E-state index is -1.22. The molecule has 2 rings (SSSR count). The van der Waals surface area contributed by atoms with Gasteiger partial charge in [0.05, 0.1) is 6.42 Å². The summed E-state index contributed by atoms with van der Waals surface area (Å²) in [7, 11) is 0. The van der Waals surface area contributed by atoms with E-state index in [1.54, 1.807) is 48.5 Å². The van der Waals surface area contributed by atoms with E-state index in [2.05, 4.69) is 10.6 Å². The van der Waals surface area contributed by atoms with Crippen molar-refractivity contribution in [2.45, 2.75) is 12.8 Å². The summed E-state index contributed by atoms with van der Waals surface area (Å²) in [5, 5.41) is 16.1. The molecule has 0 fully saturated rings. The van der Waals surface area contributed by atoms with Gasteiger partial charge in [-0.25, -0.2) is 0 Å². The highest BCUT2D eigenvalue weighted by Gasteiger charge is 2.07. The van der Waals surface area contributed by atoms with E-state index in [1.807, 2.05) is 0 Å². The minimum Gasteiger partial charge on any atom is -0.550 e. The smallest absolute Gasteiger partial charge is 0.251 e. The number of hydrogen-bond donors (Lipinski definition) is 2. The van der Waals surface area contributed by atoms with Crippen LogP contribution in [0.5, 0.6) is 0 Å².